The van der Waals surface area contributed by atoms with Crippen molar-refractivity contribution in [1.29, 1.82) is 0 Å². The van der Waals surface area contributed by atoms with Crippen LogP contribution in [0, 0.1) is 5.92 Å². The first-order chi connectivity index (χ1) is 13.7. The molecule has 1 aromatic rings. The fourth-order valence-electron chi connectivity index (χ4n) is 4.74. The predicted molar refractivity (Wildman–Crippen MR) is 113 cm³/mol. The van der Waals surface area contributed by atoms with Gasteiger partial charge in [0, 0.05) is 16.7 Å². The third-order valence-corrected chi connectivity index (χ3v) is 6.46. The number of carbonyl (C=O) groups excluding carboxylic acids is 2. The molecule has 0 unspecified atom stereocenters. The largest absolute Gasteiger partial charge is 0.507 e. The van der Waals surface area contributed by atoms with Crippen LogP contribution < -0.4 is 0 Å². The lowest BCUT2D eigenvalue weighted by atomic mass is 9.85. The van der Waals surface area contributed by atoms with E-state index < -0.39 is 11.6 Å². The van der Waals surface area contributed by atoms with Gasteiger partial charge in [0.15, 0.2) is 0 Å². The van der Waals surface area contributed by atoms with Crippen molar-refractivity contribution in [3.8, 4) is 0 Å². The molecule has 0 saturated heterocycles. The molecule has 2 aliphatic rings. The van der Waals surface area contributed by atoms with Crippen LogP contribution in [0.1, 0.15) is 106 Å². The summed E-state index contributed by atoms with van der Waals surface area (Å²) in [6, 6.07) is 6.82. The van der Waals surface area contributed by atoms with Gasteiger partial charge in [0.25, 0.3) is 0 Å². The Morgan fingerprint density at radius 1 is 0.750 bits per heavy atom. The molecule has 0 radical (unpaired) electrons. The van der Waals surface area contributed by atoms with Crippen LogP contribution >= 0.6 is 0 Å². The maximum Gasteiger partial charge on any atom is 0.234 e. The van der Waals surface area contributed by atoms with Crippen LogP contribution in [0.3, 0.4) is 0 Å². The molecule has 0 atom stereocenters. The monoisotopic (exact) mass is 382 g/mol. The average Bonchev–Trinajstić information content (AvgIpc) is 2.73. The lowest BCUT2D eigenvalue weighted by Crippen LogP contribution is -2.24. The maximum atomic E-state index is 12.3. The molecule has 0 amide bonds. The van der Waals surface area contributed by atoms with Gasteiger partial charge in [-0.1, -0.05) is 101 Å². The van der Waals surface area contributed by atoms with Crippen molar-refractivity contribution in [2.75, 3.05) is 0 Å². The summed E-state index contributed by atoms with van der Waals surface area (Å²) in [5, 5.41) is 10.4. The summed E-state index contributed by atoms with van der Waals surface area (Å²) in [7, 11) is 0. The number of hydrogen-bond acceptors (Lipinski definition) is 3. The summed E-state index contributed by atoms with van der Waals surface area (Å²) < 4.78 is 0. The van der Waals surface area contributed by atoms with E-state index in [0.29, 0.717) is 23.1 Å². The topological polar surface area (TPSA) is 54.4 Å². The normalized spacial score (nSPS) is 17.9. The first-order valence-electron chi connectivity index (χ1n) is 11.3. The third kappa shape index (κ3) is 5.33. The van der Waals surface area contributed by atoms with Gasteiger partial charge in [0.1, 0.15) is 5.76 Å². The van der Waals surface area contributed by atoms with E-state index in [-0.39, 0.29) is 5.76 Å². The minimum absolute atomic E-state index is 0.00270. The van der Waals surface area contributed by atoms with Crippen molar-refractivity contribution in [3.63, 3.8) is 0 Å². The highest BCUT2D eigenvalue weighted by Crippen LogP contribution is 2.31. The van der Waals surface area contributed by atoms with Crippen molar-refractivity contribution in [2.45, 2.75) is 89.9 Å². The fourth-order valence-corrected chi connectivity index (χ4v) is 4.74. The van der Waals surface area contributed by atoms with Gasteiger partial charge in [-0.15, -0.1) is 0 Å². The van der Waals surface area contributed by atoms with Crippen molar-refractivity contribution < 1.29 is 14.7 Å². The van der Waals surface area contributed by atoms with Gasteiger partial charge in [0.05, 0.1) is 0 Å². The Morgan fingerprint density at radius 2 is 1.36 bits per heavy atom. The first-order valence-corrected chi connectivity index (χ1v) is 11.3. The van der Waals surface area contributed by atoms with E-state index in [9.17, 15) is 14.7 Å². The molecule has 1 saturated carbocycles. The minimum atomic E-state index is -0.529. The first kappa shape index (κ1) is 20.8. The zero-order valence-electron chi connectivity index (χ0n) is 17.0. The molecule has 152 valence electrons. The molecule has 1 N–H and O–H groups in total. The van der Waals surface area contributed by atoms with Crippen LogP contribution in [-0.4, -0.2) is 16.7 Å². The molecule has 3 nitrogen and oxygen atoms in total. The van der Waals surface area contributed by atoms with Gasteiger partial charge in [0.2, 0.25) is 11.6 Å². The summed E-state index contributed by atoms with van der Waals surface area (Å²) in [4.78, 5) is 24.5. The quantitative estimate of drug-likeness (QED) is 0.357. The van der Waals surface area contributed by atoms with Crippen molar-refractivity contribution in [2.24, 2.45) is 5.92 Å². The zero-order chi connectivity index (χ0) is 19.8. The van der Waals surface area contributed by atoms with Gasteiger partial charge >= 0.3 is 0 Å². The van der Waals surface area contributed by atoms with E-state index in [1.807, 2.05) is 0 Å². The van der Waals surface area contributed by atoms with Crippen molar-refractivity contribution in [3.05, 3.63) is 41.0 Å². The van der Waals surface area contributed by atoms with Gasteiger partial charge < -0.3 is 5.11 Å². The standard InChI is InChI=1S/C25H34O3/c26-23-20-16-11-12-17-21(20)24(27)25(28)22(23)18-10-5-3-1-2-4-7-13-19-14-8-6-9-15-19/h11-12,16-17,19,26H,1-10,13-15,18H2. The molecule has 3 heteroatoms. The average molecular weight is 383 g/mol. The second-order valence-corrected chi connectivity index (χ2v) is 8.55. The highest BCUT2D eigenvalue weighted by molar-refractivity contribution is 6.52. The van der Waals surface area contributed by atoms with Crippen LogP contribution in [0.2, 0.25) is 0 Å². The fraction of sp³-hybridized carbons (Fsp3) is 0.600. The highest BCUT2D eigenvalue weighted by Gasteiger charge is 2.31. The number of hydrogen-bond donors (Lipinski definition) is 1. The van der Waals surface area contributed by atoms with Crippen molar-refractivity contribution >= 4 is 17.3 Å². The number of rotatable bonds is 10. The van der Waals surface area contributed by atoms with Gasteiger partial charge in [-0.2, -0.15) is 0 Å². The van der Waals surface area contributed by atoms with Gasteiger partial charge in [-0.25, -0.2) is 0 Å². The molecule has 28 heavy (non-hydrogen) atoms. The lowest BCUT2D eigenvalue weighted by Gasteiger charge is -2.21. The Morgan fingerprint density at radius 3 is 2.07 bits per heavy atom. The Labute approximate surface area is 169 Å². The Balaban J connectivity index is 1.32. The lowest BCUT2D eigenvalue weighted by molar-refractivity contribution is -0.112. The SMILES string of the molecule is O=C1C(=O)c2ccccc2C(O)=C1CCCCCCCCCC1CCCCC1. The summed E-state index contributed by atoms with van der Waals surface area (Å²) in [5.74, 6) is -0.0150. The molecule has 1 aromatic carbocycles. The molecule has 0 aliphatic heterocycles. The minimum Gasteiger partial charge on any atom is -0.507 e. The number of ketones is 2. The molecular weight excluding hydrogens is 348 g/mol. The zero-order valence-corrected chi connectivity index (χ0v) is 17.0. The van der Waals surface area contributed by atoms with E-state index in [0.717, 1.165) is 25.2 Å². The third-order valence-electron chi connectivity index (χ3n) is 6.46. The van der Waals surface area contributed by atoms with E-state index in [2.05, 4.69) is 0 Å². The number of aliphatic hydroxyl groups is 1. The van der Waals surface area contributed by atoms with Gasteiger partial charge in [-0.3, -0.25) is 9.59 Å². The summed E-state index contributed by atoms with van der Waals surface area (Å²) in [5.41, 5.74) is 1.12. The Kier molecular flexibility index (Phi) is 7.88. The van der Waals surface area contributed by atoms with Crippen LogP contribution in [0.25, 0.3) is 5.76 Å². The Bertz CT molecular complexity index is 710. The Hall–Kier alpha value is -1.90. The predicted octanol–water partition coefficient (Wildman–Crippen LogP) is 6.81. The number of carbonyl (C=O) groups is 2. The second kappa shape index (κ2) is 10.6. The highest BCUT2D eigenvalue weighted by atomic mass is 16.3. The molecule has 0 aromatic heterocycles. The summed E-state index contributed by atoms with van der Waals surface area (Å²) in [6.45, 7) is 0. The molecule has 3 rings (SSSR count). The number of aliphatic hydroxyl groups excluding tert-OH is 1. The van der Waals surface area contributed by atoms with Crippen LogP contribution in [0.4, 0.5) is 0 Å². The number of unbranched alkanes of at least 4 members (excludes halogenated alkanes) is 6. The van der Waals surface area contributed by atoms with Crippen LogP contribution in [-0.2, 0) is 4.79 Å². The van der Waals surface area contributed by atoms with Crippen molar-refractivity contribution in [1.82, 2.24) is 0 Å². The number of allylic oxidation sites excluding steroid dienone is 1. The summed E-state index contributed by atoms with van der Waals surface area (Å²) >= 11 is 0. The second-order valence-electron chi connectivity index (χ2n) is 8.55. The molecule has 0 heterocycles. The molecular formula is C25H34O3. The smallest absolute Gasteiger partial charge is 0.234 e. The van der Waals surface area contributed by atoms with E-state index in [1.54, 1.807) is 24.3 Å². The molecule has 2 aliphatic carbocycles. The number of benzene rings is 1. The molecule has 1 fully saturated rings. The van der Waals surface area contributed by atoms with E-state index >= 15 is 0 Å². The van der Waals surface area contributed by atoms with E-state index in [4.69, 9.17) is 0 Å². The number of Topliss-reactive ketones (excluding diaryl/α,β-unsaturated/α-hetero) is 2. The summed E-state index contributed by atoms with van der Waals surface area (Å²) in [6.07, 6.45) is 17.5. The van der Waals surface area contributed by atoms with Crippen LogP contribution in [0.5, 0.6) is 0 Å². The van der Waals surface area contributed by atoms with E-state index in [1.165, 1.54) is 64.2 Å². The van der Waals surface area contributed by atoms with Crippen LogP contribution in [0.15, 0.2) is 29.8 Å². The van der Waals surface area contributed by atoms with Gasteiger partial charge in [-0.05, 0) is 18.8 Å². The molecule has 0 bridgehead atoms. The maximum absolute atomic E-state index is 12.3. The molecule has 0 spiro atoms. The number of fused-ring (bicyclic) bond motifs is 1.